The number of fused-ring (bicyclic) bond motifs is 2. The van der Waals surface area contributed by atoms with Crippen LogP contribution in [0.2, 0.25) is 0 Å². The minimum absolute atomic E-state index is 0.100. The van der Waals surface area contributed by atoms with Crippen LogP contribution in [0.5, 0.6) is 11.5 Å². The van der Waals surface area contributed by atoms with Crippen LogP contribution in [0.15, 0.2) is 65.1 Å². The molecule has 0 bridgehead atoms. The number of rotatable bonds is 8. The third-order valence-electron chi connectivity index (χ3n) is 7.04. The molecule has 0 saturated heterocycles. The normalized spacial score (nSPS) is 17.1. The number of para-hydroxylation sites is 1. The Hall–Kier alpha value is -4.12. The van der Waals surface area contributed by atoms with Gasteiger partial charge in [0.05, 0.1) is 12.4 Å². The zero-order valence-corrected chi connectivity index (χ0v) is 21.9. The molecule has 9 nitrogen and oxygen atoms in total. The number of benzene rings is 3. The highest BCUT2D eigenvalue weighted by atomic mass is 32.2. The van der Waals surface area contributed by atoms with E-state index >= 15 is 0 Å². The van der Waals surface area contributed by atoms with Gasteiger partial charge >= 0.3 is 0 Å². The molecule has 202 valence electrons. The second kappa shape index (κ2) is 9.88. The topological polar surface area (TPSA) is 111 Å². The molecule has 39 heavy (non-hydrogen) atoms. The quantitative estimate of drug-likeness (QED) is 0.349. The number of anilines is 1. The molecule has 1 amide bonds. The lowest BCUT2D eigenvalue weighted by Gasteiger charge is -2.36. The summed E-state index contributed by atoms with van der Waals surface area (Å²) in [4.78, 5) is 19.6. The van der Waals surface area contributed by atoms with E-state index in [-0.39, 0.29) is 31.2 Å². The molecule has 0 unspecified atom stereocenters. The second-order valence-electron chi connectivity index (χ2n) is 9.65. The van der Waals surface area contributed by atoms with Gasteiger partial charge in [0, 0.05) is 24.6 Å². The minimum Gasteiger partial charge on any atom is -0.496 e. The summed E-state index contributed by atoms with van der Waals surface area (Å²) in [5, 5.41) is -0.562. The number of aromatic nitrogens is 1. The fourth-order valence-electron chi connectivity index (χ4n) is 4.86. The number of carbonyl (C=O) groups excluding carboxylic acids is 1. The van der Waals surface area contributed by atoms with Gasteiger partial charge in [-0.15, -0.1) is 0 Å². The molecule has 1 N–H and O–H groups in total. The molecule has 1 aliphatic carbocycles. The largest absolute Gasteiger partial charge is 0.496 e. The van der Waals surface area contributed by atoms with Crippen LogP contribution in [0, 0.1) is 5.82 Å². The van der Waals surface area contributed by atoms with Gasteiger partial charge in [-0.3, -0.25) is 9.52 Å². The van der Waals surface area contributed by atoms with E-state index in [1.54, 1.807) is 12.0 Å². The van der Waals surface area contributed by atoms with E-state index < -0.39 is 33.0 Å². The molecule has 11 heteroatoms. The molecule has 2 aliphatic rings. The van der Waals surface area contributed by atoms with Crippen LogP contribution in [0.25, 0.3) is 11.1 Å². The number of carbonyl (C=O) groups is 1. The molecule has 4 aromatic rings. The van der Waals surface area contributed by atoms with E-state index in [0.717, 1.165) is 16.7 Å². The number of nitrogens with one attached hydrogen (secondary N) is 1. The molecule has 0 radical (unpaired) electrons. The lowest BCUT2D eigenvalue weighted by atomic mass is 9.89. The Morgan fingerprint density at radius 3 is 2.69 bits per heavy atom. The van der Waals surface area contributed by atoms with Crippen LogP contribution in [0.4, 0.5) is 10.4 Å². The summed E-state index contributed by atoms with van der Waals surface area (Å²) >= 11 is 0. The van der Waals surface area contributed by atoms with Crippen LogP contribution in [-0.4, -0.2) is 37.7 Å². The van der Waals surface area contributed by atoms with E-state index in [2.05, 4.69) is 9.71 Å². The van der Waals surface area contributed by atoms with Crippen molar-refractivity contribution in [2.75, 3.05) is 12.0 Å². The van der Waals surface area contributed by atoms with E-state index in [1.807, 2.05) is 42.5 Å². The average Bonchev–Trinajstić information content (AvgIpc) is 3.72. The van der Waals surface area contributed by atoms with Gasteiger partial charge in [-0.05, 0) is 54.3 Å². The smallest absolute Gasteiger partial charge is 0.299 e. The molecule has 1 aromatic heterocycles. The van der Waals surface area contributed by atoms with Crippen molar-refractivity contribution in [1.82, 2.24) is 9.71 Å². The van der Waals surface area contributed by atoms with Crippen LogP contribution in [0.3, 0.4) is 0 Å². The predicted octanol–water partition coefficient (Wildman–Crippen LogP) is 4.09. The standard InChI is InChI=1S/C28H26FN3O6S/c1-36-25-12-7-17-15-32(28-30-23-11-8-18(29)13-26(23)38-28)24(27(33)31-39(34,35)20-9-10-20)14-21(17)22(25)16-37-19-5-3-2-4-6-19/h2-8,11-13,20,24H,9-10,14-16H2,1H3,(H,31,33)/t24-/m0/s1. The number of methoxy groups -OCH3 is 1. The number of hydrogen-bond acceptors (Lipinski definition) is 8. The Balaban J connectivity index is 1.39. The Labute approximate surface area is 224 Å². The molecule has 6 rings (SSSR count). The van der Waals surface area contributed by atoms with Crippen molar-refractivity contribution in [1.29, 1.82) is 0 Å². The first-order valence-corrected chi connectivity index (χ1v) is 14.1. The van der Waals surface area contributed by atoms with Crippen molar-refractivity contribution in [3.05, 3.63) is 83.2 Å². The van der Waals surface area contributed by atoms with Gasteiger partial charge in [0.1, 0.15) is 35.5 Å². The summed E-state index contributed by atoms with van der Waals surface area (Å²) in [5.74, 6) is 0.117. The van der Waals surface area contributed by atoms with E-state index in [4.69, 9.17) is 13.9 Å². The predicted molar refractivity (Wildman–Crippen MR) is 141 cm³/mol. The maximum atomic E-state index is 13.8. The molecule has 1 aliphatic heterocycles. The molecular formula is C28H26FN3O6S. The second-order valence-corrected chi connectivity index (χ2v) is 11.6. The third kappa shape index (κ3) is 5.01. The van der Waals surface area contributed by atoms with Crippen molar-refractivity contribution in [2.45, 2.75) is 43.7 Å². The van der Waals surface area contributed by atoms with E-state index in [1.165, 1.54) is 18.2 Å². The fourth-order valence-corrected chi connectivity index (χ4v) is 6.20. The van der Waals surface area contributed by atoms with Gasteiger partial charge in [-0.25, -0.2) is 12.8 Å². The van der Waals surface area contributed by atoms with Gasteiger partial charge in [-0.2, -0.15) is 4.98 Å². The molecule has 0 spiro atoms. The maximum Gasteiger partial charge on any atom is 0.299 e. The number of amides is 1. The SMILES string of the molecule is COc1ccc2c(c1COc1ccccc1)C[C@@H](C(=O)NS(=O)(=O)C1CC1)N(c1nc3ccc(F)cc3o1)C2. The van der Waals surface area contributed by atoms with Crippen molar-refractivity contribution >= 4 is 33.0 Å². The van der Waals surface area contributed by atoms with Gasteiger partial charge in [0.25, 0.3) is 11.9 Å². The number of hydrogen-bond donors (Lipinski definition) is 1. The molecule has 2 heterocycles. The molecule has 1 saturated carbocycles. The van der Waals surface area contributed by atoms with Crippen molar-refractivity contribution in [3.8, 4) is 11.5 Å². The monoisotopic (exact) mass is 551 g/mol. The first-order chi connectivity index (χ1) is 18.8. The average molecular weight is 552 g/mol. The number of halogens is 1. The first-order valence-electron chi connectivity index (χ1n) is 12.6. The number of sulfonamides is 1. The van der Waals surface area contributed by atoms with E-state index in [9.17, 15) is 17.6 Å². The van der Waals surface area contributed by atoms with Crippen LogP contribution in [-0.2, 0) is 34.4 Å². The lowest BCUT2D eigenvalue weighted by molar-refractivity contribution is -0.120. The summed E-state index contributed by atoms with van der Waals surface area (Å²) in [6, 6.07) is 16.2. The van der Waals surface area contributed by atoms with Crippen molar-refractivity contribution < 1.29 is 31.5 Å². The fraction of sp³-hybridized carbons (Fsp3) is 0.286. The molecule has 1 atom stereocenters. The number of nitrogens with zero attached hydrogens (tertiary/aromatic N) is 2. The summed E-state index contributed by atoms with van der Waals surface area (Å²) < 4.78 is 58.9. The van der Waals surface area contributed by atoms with Gasteiger partial charge in [0.2, 0.25) is 10.0 Å². The number of oxazole rings is 1. The van der Waals surface area contributed by atoms with Gasteiger partial charge in [-0.1, -0.05) is 24.3 Å². The Morgan fingerprint density at radius 1 is 1.15 bits per heavy atom. The Kier molecular flexibility index (Phi) is 6.38. The van der Waals surface area contributed by atoms with Crippen LogP contribution >= 0.6 is 0 Å². The zero-order chi connectivity index (χ0) is 27.1. The van der Waals surface area contributed by atoms with Crippen molar-refractivity contribution in [3.63, 3.8) is 0 Å². The molecular weight excluding hydrogens is 525 g/mol. The highest BCUT2D eigenvalue weighted by molar-refractivity contribution is 7.90. The first kappa shape index (κ1) is 25.2. The summed E-state index contributed by atoms with van der Waals surface area (Å²) in [6.07, 6.45) is 1.20. The van der Waals surface area contributed by atoms with Gasteiger partial charge < -0.3 is 18.8 Å². The summed E-state index contributed by atoms with van der Waals surface area (Å²) in [7, 11) is -2.23. The maximum absolute atomic E-state index is 13.8. The highest BCUT2D eigenvalue weighted by Gasteiger charge is 2.41. The highest BCUT2D eigenvalue weighted by Crippen LogP contribution is 2.36. The zero-order valence-electron chi connectivity index (χ0n) is 21.1. The summed E-state index contributed by atoms with van der Waals surface area (Å²) in [5.41, 5.74) is 3.12. The minimum atomic E-state index is -3.79. The summed E-state index contributed by atoms with van der Waals surface area (Å²) in [6.45, 7) is 0.391. The number of ether oxygens (including phenoxy) is 2. The lowest BCUT2D eigenvalue weighted by Crippen LogP contribution is -2.52. The Morgan fingerprint density at radius 2 is 1.95 bits per heavy atom. The third-order valence-corrected chi connectivity index (χ3v) is 8.87. The molecule has 3 aromatic carbocycles. The van der Waals surface area contributed by atoms with E-state index in [0.29, 0.717) is 29.9 Å². The Bertz CT molecular complexity index is 1650. The van der Waals surface area contributed by atoms with Gasteiger partial charge in [0.15, 0.2) is 5.58 Å². The molecule has 1 fully saturated rings. The van der Waals surface area contributed by atoms with Crippen LogP contribution < -0.4 is 19.1 Å². The van der Waals surface area contributed by atoms with Crippen LogP contribution in [0.1, 0.15) is 29.5 Å². The van der Waals surface area contributed by atoms with Crippen molar-refractivity contribution in [2.24, 2.45) is 0 Å².